The van der Waals surface area contributed by atoms with E-state index >= 15 is 0 Å². The minimum Gasteiger partial charge on any atom is -0.453 e. The Hall–Kier alpha value is -6.40. The average molecular weight is 848 g/mol. The molecule has 0 radical (unpaired) electrons. The van der Waals surface area contributed by atoms with Crippen LogP contribution in [0.2, 0.25) is 0 Å². The first-order chi connectivity index (χ1) is 28.8. The quantitative estimate of drug-likeness (QED) is 0.108. The first-order valence-corrected chi connectivity index (χ1v) is 19.9. The van der Waals surface area contributed by atoms with Gasteiger partial charge >= 0.3 is 6.09 Å². The molecule has 3 aromatic heterocycles. The number of carbonyl (C=O) groups is 4. The normalized spacial score (nSPS) is 19.8. The molecule has 15 nitrogen and oxygen atoms in total. The van der Waals surface area contributed by atoms with Crippen molar-refractivity contribution >= 4 is 34.7 Å². The fourth-order valence-corrected chi connectivity index (χ4v) is 8.50. The van der Waals surface area contributed by atoms with Gasteiger partial charge in [-0.15, -0.1) is 0 Å². The highest BCUT2D eigenvalue weighted by Gasteiger charge is 2.51. The summed E-state index contributed by atoms with van der Waals surface area (Å²) >= 11 is 0. The number of H-pyrrole nitrogens is 2. The molecule has 0 saturated carbocycles. The van der Waals surface area contributed by atoms with Crippen molar-refractivity contribution in [1.29, 1.82) is 0 Å². The highest BCUT2D eigenvalue weighted by atomic mass is 19.3. The van der Waals surface area contributed by atoms with Gasteiger partial charge in [-0.25, -0.2) is 32.3 Å². The third kappa shape index (κ3) is 7.65. The summed E-state index contributed by atoms with van der Waals surface area (Å²) in [6, 6.07) is 6.76. The van der Waals surface area contributed by atoms with Crippen LogP contribution in [0.25, 0.3) is 39.1 Å². The minimum absolute atomic E-state index is 0.164. The second kappa shape index (κ2) is 15.3. The fourth-order valence-electron chi connectivity index (χ4n) is 8.50. The molecule has 5 aromatic rings. The van der Waals surface area contributed by atoms with Crippen LogP contribution < -0.4 is 15.4 Å². The molecule has 322 valence electrons. The largest absolute Gasteiger partial charge is 0.453 e. The first kappa shape index (κ1) is 41.3. The molecule has 0 bridgehead atoms. The van der Waals surface area contributed by atoms with Gasteiger partial charge in [0.2, 0.25) is 17.7 Å². The van der Waals surface area contributed by atoms with Crippen LogP contribution in [0.5, 0.6) is 11.5 Å². The molecule has 0 spiro atoms. The van der Waals surface area contributed by atoms with Gasteiger partial charge in [0, 0.05) is 42.5 Å². The fraction of sp³-hybridized carbons (Fsp3) is 0.429. The highest BCUT2D eigenvalue weighted by Crippen LogP contribution is 2.47. The smallest absolute Gasteiger partial charge is 0.407 e. The summed E-state index contributed by atoms with van der Waals surface area (Å²) in [6.07, 6.45) is 2.80. The van der Waals surface area contributed by atoms with Crippen molar-refractivity contribution < 1.29 is 46.2 Å². The number of aromatic nitrogens is 5. The van der Waals surface area contributed by atoms with Crippen LogP contribution in [-0.4, -0.2) is 102 Å². The zero-order chi connectivity index (χ0) is 43.7. The molecule has 2 saturated heterocycles. The zero-order valence-corrected chi connectivity index (χ0v) is 34.2. The number of methoxy groups -OCH3 is 1. The van der Waals surface area contributed by atoms with Crippen molar-refractivity contribution in [1.82, 2.24) is 44.9 Å². The molecule has 4 N–H and O–H groups in total. The maximum Gasteiger partial charge on any atom is 0.407 e. The number of alkyl halides is 4. The molecule has 2 aromatic carbocycles. The van der Waals surface area contributed by atoms with E-state index in [0.29, 0.717) is 34.1 Å². The number of halogens is 4. The number of imidazole rings is 2. The van der Waals surface area contributed by atoms with Gasteiger partial charge in [0.15, 0.2) is 11.5 Å². The molecule has 3 aliphatic heterocycles. The molecule has 0 aliphatic carbocycles. The van der Waals surface area contributed by atoms with Gasteiger partial charge in [-0.05, 0) is 42.2 Å². The first-order valence-electron chi connectivity index (χ1n) is 19.9. The Morgan fingerprint density at radius 1 is 0.803 bits per heavy atom. The molecule has 2 fully saturated rings. The van der Waals surface area contributed by atoms with Crippen LogP contribution in [0, 0.1) is 11.8 Å². The number of rotatable bonds is 10. The lowest BCUT2D eigenvalue weighted by molar-refractivity contribution is -0.139. The van der Waals surface area contributed by atoms with E-state index in [1.165, 1.54) is 13.1 Å². The summed E-state index contributed by atoms with van der Waals surface area (Å²) in [5, 5.41) is 5.85. The van der Waals surface area contributed by atoms with E-state index in [9.17, 15) is 36.7 Å². The van der Waals surface area contributed by atoms with Crippen molar-refractivity contribution in [3.63, 3.8) is 0 Å². The summed E-state index contributed by atoms with van der Waals surface area (Å²) in [5.41, 5.74) is 3.85. The molecule has 3 aliphatic rings. The highest BCUT2D eigenvalue weighted by molar-refractivity contribution is 6.00. The topological polar surface area (TPSA) is 180 Å². The van der Waals surface area contributed by atoms with E-state index in [4.69, 9.17) is 4.74 Å². The Kier molecular flexibility index (Phi) is 10.3. The summed E-state index contributed by atoms with van der Waals surface area (Å²) in [7, 11) is 1.15. The number of carbonyl (C=O) groups excluding carboxylic acids is 4. The van der Waals surface area contributed by atoms with Gasteiger partial charge < -0.3 is 44.4 Å². The van der Waals surface area contributed by atoms with E-state index in [1.807, 2.05) is 35.0 Å². The van der Waals surface area contributed by atoms with Crippen molar-refractivity contribution in [2.24, 2.45) is 11.8 Å². The third-order valence-corrected chi connectivity index (χ3v) is 11.5. The molecule has 0 unspecified atom stereocenters. The predicted molar refractivity (Wildman–Crippen MR) is 213 cm³/mol. The number of aromatic amines is 2. The Labute approximate surface area is 347 Å². The summed E-state index contributed by atoms with van der Waals surface area (Å²) < 4.78 is 72.7. The van der Waals surface area contributed by atoms with Crippen LogP contribution >= 0.6 is 0 Å². The maximum absolute atomic E-state index is 14.9. The minimum atomic E-state index is -3.18. The van der Waals surface area contributed by atoms with Crippen LogP contribution in [-0.2, 0) is 19.1 Å². The number of hydrogen-bond donors (Lipinski definition) is 4. The van der Waals surface area contributed by atoms with Crippen LogP contribution in [0.4, 0.5) is 22.4 Å². The van der Waals surface area contributed by atoms with Crippen molar-refractivity contribution in [2.75, 3.05) is 20.2 Å². The predicted octanol–water partition coefficient (Wildman–Crippen LogP) is 6.88. The number of ether oxygens (including phenoxy) is 2. The van der Waals surface area contributed by atoms with E-state index in [2.05, 4.69) is 35.3 Å². The molecule has 6 heterocycles. The van der Waals surface area contributed by atoms with Crippen LogP contribution in [0.3, 0.4) is 0 Å². The van der Waals surface area contributed by atoms with Gasteiger partial charge in [0.25, 0.3) is 11.8 Å². The molecule has 4 amide bonds. The molecular formula is C42H45F4N9O6. The monoisotopic (exact) mass is 847 g/mol. The van der Waals surface area contributed by atoms with E-state index < -0.39 is 91.7 Å². The number of nitrogens with one attached hydrogen (secondary N) is 4. The third-order valence-electron chi connectivity index (χ3n) is 11.5. The standard InChI is InChI=1S/C42H45F4N9O6/c1-20(2)33(49-22(5)56)38(57)54-18-42(45,46)15-30(54)37-48-17-27(51-37)24-8-10-31-35-25(24)11-12-53(35)28-9-7-23(13-32(28)61-31)26-16-47-36(50-26)29-14-41(43,44)19-55(29)39(58)34(21(3)4)52-40(59)60-6/h7-13,16-17,20-21,29-30,33-34H,14-15,18-19H2,1-6H3,(H,47,50)(H,48,51)(H,49,56)(H,52,59)/t29-,30-,33-,34-/m0/s1. The number of alkyl carbamates (subject to hydrolysis) is 1. The zero-order valence-electron chi connectivity index (χ0n) is 34.2. The van der Waals surface area contributed by atoms with Gasteiger partial charge in [0.1, 0.15) is 23.7 Å². The summed E-state index contributed by atoms with van der Waals surface area (Å²) in [5.74, 6) is -7.41. The molecular weight excluding hydrogens is 803 g/mol. The average Bonchev–Trinajstić information content (AvgIpc) is 4.05. The molecule has 4 atom stereocenters. The maximum atomic E-state index is 14.9. The Balaban J connectivity index is 1.05. The lowest BCUT2D eigenvalue weighted by Gasteiger charge is -2.29. The van der Waals surface area contributed by atoms with E-state index in [0.717, 1.165) is 33.4 Å². The molecule has 8 rings (SSSR count). The van der Waals surface area contributed by atoms with Gasteiger partial charge in [-0.1, -0.05) is 33.8 Å². The van der Waals surface area contributed by atoms with Crippen LogP contribution in [0.15, 0.2) is 55.0 Å². The lowest BCUT2D eigenvalue weighted by atomic mass is 10.0. The molecule has 61 heavy (non-hydrogen) atoms. The Morgan fingerprint density at radius 2 is 1.38 bits per heavy atom. The van der Waals surface area contributed by atoms with Gasteiger partial charge in [-0.3, -0.25) is 14.4 Å². The Morgan fingerprint density at radius 3 is 1.95 bits per heavy atom. The van der Waals surface area contributed by atoms with Crippen molar-refractivity contribution in [3.8, 4) is 39.7 Å². The van der Waals surface area contributed by atoms with Crippen LogP contribution in [0.1, 0.15) is 71.2 Å². The van der Waals surface area contributed by atoms with Crippen molar-refractivity contribution in [3.05, 3.63) is 66.6 Å². The number of hydrogen-bond acceptors (Lipinski definition) is 8. The lowest BCUT2D eigenvalue weighted by Crippen LogP contribution is -2.51. The second-order valence-corrected chi connectivity index (χ2v) is 16.6. The van der Waals surface area contributed by atoms with E-state index in [-0.39, 0.29) is 17.6 Å². The van der Waals surface area contributed by atoms with Gasteiger partial charge in [-0.2, -0.15) is 0 Å². The number of fused-ring (bicyclic) bond motifs is 2. The number of nitrogens with zero attached hydrogens (tertiary/aromatic N) is 5. The summed E-state index contributed by atoms with van der Waals surface area (Å²) in [6.45, 7) is 6.50. The summed E-state index contributed by atoms with van der Waals surface area (Å²) in [4.78, 5) is 68.3. The molecule has 19 heteroatoms. The van der Waals surface area contributed by atoms with Gasteiger partial charge in [0.05, 0.1) is 67.3 Å². The second-order valence-electron chi connectivity index (χ2n) is 16.6. The van der Waals surface area contributed by atoms with E-state index in [1.54, 1.807) is 46.0 Å². The number of likely N-dealkylation sites (tertiary alicyclic amines) is 2. The van der Waals surface area contributed by atoms with Crippen molar-refractivity contribution in [2.45, 2.75) is 83.5 Å². The SMILES string of the molecule is COC(=O)N[C@H](C(=O)N1CC(F)(F)C[C@H]1c1ncc(-c2ccc3c(c2)Oc2ccc(-c4cnc([C@@H]5CC(F)(F)CN5C(=O)[C@@H](NC(C)=O)C(C)C)[nH]4)c4ccn-3c24)[nH]1)C(C)C. The number of amides is 4. The Bertz CT molecular complexity index is 2550. The number of benzene rings is 2.